The molecule has 3 heterocycles. The number of aromatic hydroxyl groups is 1. The summed E-state index contributed by atoms with van der Waals surface area (Å²) in [4.78, 5) is 19.3. The Kier molecular flexibility index (Phi) is 4.02. The van der Waals surface area contributed by atoms with E-state index in [0.29, 0.717) is 17.1 Å². The van der Waals surface area contributed by atoms with Gasteiger partial charge in [0.25, 0.3) is 0 Å². The molecule has 132 valence electrons. The molecule has 0 radical (unpaired) electrons. The minimum Gasteiger partial charge on any atom is -0.504 e. The van der Waals surface area contributed by atoms with Crippen molar-refractivity contribution in [2.24, 2.45) is 0 Å². The summed E-state index contributed by atoms with van der Waals surface area (Å²) < 4.78 is 1.97. The van der Waals surface area contributed by atoms with Crippen LogP contribution >= 0.6 is 11.3 Å². The number of fused-ring (bicyclic) bond motifs is 1. The van der Waals surface area contributed by atoms with E-state index >= 15 is 0 Å². The number of aromatic carboxylic acids is 1. The van der Waals surface area contributed by atoms with Crippen molar-refractivity contribution < 1.29 is 15.0 Å². The average molecular weight is 377 g/mol. The van der Waals surface area contributed by atoms with E-state index in [1.165, 1.54) is 0 Å². The first kappa shape index (κ1) is 16.7. The van der Waals surface area contributed by atoms with E-state index in [1.807, 2.05) is 36.4 Å². The van der Waals surface area contributed by atoms with E-state index in [0.717, 1.165) is 16.9 Å². The van der Waals surface area contributed by atoms with Gasteiger partial charge in [0.05, 0.1) is 12.7 Å². The zero-order chi connectivity index (χ0) is 19.0. The Morgan fingerprint density at radius 1 is 1.26 bits per heavy atom. The number of carbonyl (C=O) groups is 1. The first-order valence-electron chi connectivity index (χ1n) is 7.80. The summed E-state index contributed by atoms with van der Waals surface area (Å²) in [5, 5.41) is 33.4. The predicted molar refractivity (Wildman–Crippen MR) is 97.5 cm³/mol. The molecule has 0 aliphatic rings. The number of rotatable bonds is 4. The van der Waals surface area contributed by atoms with Crippen LogP contribution < -0.4 is 0 Å². The molecule has 4 aromatic rings. The normalized spacial score (nSPS) is 10.8. The highest BCUT2D eigenvalue weighted by Gasteiger charge is 2.22. The fourth-order valence-electron chi connectivity index (χ4n) is 2.65. The number of thiazole rings is 1. The molecule has 8 nitrogen and oxygen atoms in total. The van der Waals surface area contributed by atoms with Crippen LogP contribution in [0.3, 0.4) is 0 Å². The summed E-state index contributed by atoms with van der Waals surface area (Å²) in [5.41, 5.74) is 1.27. The van der Waals surface area contributed by atoms with Gasteiger partial charge in [0.1, 0.15) is 21.3 Å². The summed E-state index contributed by atoms with van der Waals surface area (Å²) in [6.45, 7) is 0.588. The molecule has 0 aliphatic heterocycles. The van der Waals surface area contributed by atoms with Gasteiger partial charge in [-0.05, 0) is 5.56 Å². The highest BCUT2D eigenvalue weighted by atomic mass is 32.1. The maximum absolute atomic E-state index is 11.2. The number of carboxylic acid groups (broad SMARTS) is 1. The predicted octanol–water partition coefficient (Wildman–Crippen LogP) is 2.88. The monoisotopic (exact) mass is 377 g/mol. The Balaban J connectivity index is 1.76. The Bertz CT molecular complexity index is 1210. The number of nitrogens with zero attached hydrogens (tertiary/aromatic N) is 5. The molecule has 0 bridgehead atoms. The molecule has 0 unspecified atom stereocenters. The number of hydrogen-bond donors (Lipinski definition) is 2. The number of pyridine rings is 1. The smallest absolute Gasteiger partial charge is 0.358 e. The van der Waals surface area contributed by atoms with Crippen LogP contribution in [-0.2, 0) is 6.54 Å². The van der Waals surface area contributed by atoms with Crippen LogP contribution in [0.1, 0.15) is 21.7 Å². The van der Waals surface area contributed by atoms with Gasteiger partial charge in [-0.15, -0.1) is 11.3 Å². The molecule has 27 heavy (non-hydrogen) atoms. The summed E-state index contributed by atoms with van der Waals surface area (Å²) in [6.07, 6.45) is 3.44. The fraction of sp³-hybridized carbons (Fsp3) is 0.0556. The minimum absolute atomic E-state index is 0.139. The van der Waals surface area contributed by atoms with Gasteiger partial charge in [0.2, 0.25) is 0 Å². The number of nitriles is 1. The number of carboxylic acids is 1. The van der Waals surface area contributed by atoms with Crippen molar-refractivity contribution in [1.29, 1.82) is 5.26 Å². The highest BCUT2D eigenvalue weighted by Crippen LogP contribution is 2.37. The Hall–Kier alpha value is -3.77. The van der Waals surface area contributed by atoms with Crippen LogP contribution in [0.4, 0.5) is 0 Å². The average Bonchev–Trinajstić information content (AvgIpc) is 3.30. The molecule has 1 aromatic carbocycles. The fourth-order valence-corrected chi connectivity index (χ4v) is 3.63. The lowest BCUT2D eigenvalue weighted by Crippen LogP contribution is -2.02. The van der Waals surface area contributed by atoms with Crippen molar-refractivity contribution >= 4 is 27.5 Å². The van der Waals surface area contributed by atoms with Crippen LogP contribution in [0.2, 0.25) is 0 Å². The van der Waals surface area contributed by atoms with Crippen molar-refractivity contribution in [3.05, 3.63) is 59.7 Å². The van der Waals surface area contributed by atoms with Crippen molar-refractivity contribution in [1.82, 2.24) is 19.7 Å². The van der Waals surface area contributed by atoms with E-state index in [4.69, 9.17) is 5.11 Å². The number of benzene rings is 1. The molecule has 4 rings (SSSR count). The maximum Gasteiger partial charge on any atom is 0.358 e. The van der Waals surface area contributed by atoms with Gasteiger partial charge in [0, 0.05) is 11.8 Å². The Labute approximate surface area is 156 Å². The van der Waals surface area contributed by atoms with Crippen molar-refractivity contribution in [2.45, 2.75) is 6.54 Å². The first-order chi connectivity index (χ1) is 13.1. The van der Waals surface area contributed by atoms with Crippen molar-refractivity contribution in [3.8, 4) is 22.4 Å². The first-order valence-corrected chi connectivity index (χ1v) is 8.62. The van der Waals surface area contributed by atoms with Crippen LogP contribution in [0.15, 0.2) is 42.7 Å². The lowest BCUT2D eigenvalue weighted by atomic mass is 10.2. The SMILES string of the molecule is N#Cc1nc(C(=O)O)c(O)c2sc(-c3cnn(Cc4ccccc4)c3)nc12. The van der Waals surface area contributed by atoms with Crippen LogP contribution in [0.5, 0.6) is 5.75 Å². The van der Waals surface area contributed by atoms with E-state index in [-0.39, 0.29) is 15.9 Å². The lowest BCUT2D eigenvalue weighted by Gasteiger charge is -2.00. The standard InChI is InChI=1S/C18H11N5O3S/c19-6-12-13-16(15(24)14(21-12)18(25)26)27-17(22-13)11-7-20-23(9-11)8-10-4-2-1-3-5-10/h1-5,7,9,24H,8H2,(H,25,26). The molecule has 3 aromatic heterocycles. The van der Waals surface area contributed by atoms with E-state index in [1.54, 1.807) is 17.1 Å². The molecule has 0 amide bonds. The lowest BCUT2D eigenvalue weighted by molar-refractivity contribution is 0.0687. The third-order valence-corrected chi connectivity index (χ3v) is 5.00. The summed E-state index contributed by atoms with van der Waals surface area (Å²) in [7, 11) is 0. The van der Waals surface area contributed by atoms with Gasteiger partial charge in [-0.25, -0.2) is 14.8 Å². The molecule has 2 N–H and O–H groups in total. The molecule has 0 spiro atoms. The zero-order valence-electron chi connectivity index (χ0n) is 13.7. The molecular formula is C18H11N5O3S. The third-order valence-electron chi connectivity index (χ3n) is 3.89. The highest BCUT2D eigenvalue weighted by molar-refractivity contribution is 7.22. The number of hydrogen-bond acceptors (Lipinski definition) is 7. The Morgan fingerprint density at radius 3 is 2.74 bits per heavy atom. The second kappa shape index (κ2) is 6.51. The third kappa shape index (κ3) is 2.98. The minimum atomic E-state index is -1.41. The van der Waals surface area contributed by atoms with E-state index in [2.05, 4.69) is 15.1 Å². The van der Waals surface area contributed by atoms with Crippen molar-refractivity contribution in [2.75, 3.05) is 0 Å². The van der Waals surface area contributed by atoms with Gasteiger partial charge in [0.15, 0.2) is 17.1 Å². The van der Waals surface area contributed by atoms with Crippen molar-refractivity contribution in [3.63, 3.8) is 0 Å². The van der Waals surface area contributed by atoms with Gasteiger partial charge in [-0.3, -0.25) is 4.68 Å². The summed E-state index contributed by atoms with van der Waals surface area (Å²) >= 11 is 1.09. The molecule has 0 atom stereocenters. The summed E-state index contributed by atoms with van der Waals surface area (Å²) in [5.74, 6) is -1.89. The molecule has 0 aliphatic carbocycles. The second-order valence-corrected chi connectivity index (χ2v) is 6.68. The van der Waals surface area contributed by atoms with E-state index in [9.17, 15) is 15.2 Å². The van der Waals surface area contributed by atoms with Crippen LogP contribution in [-0.4, -0.2) is 35.9 Å². The molecule has 9 heteroatoms. The quantitative estimate of drug-likeness (QED) is 0.560. The van der Waals surface area contributed by atoms with Gasteiger partial charge in [-0.1, -0.05) is 30.3 Å². The largest absolute Gasteiger partial charge is 0.504 e. The van der Waals surface area contributed by atoms with Gasteiger partial charge in [-0.2, -0.15) is 10.4 Å². The van der Waals surface area contributed by atoms with Crippen LogP contribution in [0.25, 0.3) is 20.8 Å². The second-order valence-electron chi connectivity index (χ2n) is 5.68. The number of aromatic nitrogens is 4. The van der Waals surface area contributed by atoms with Crippen LogP contribution in [0, 0.1) is 11.3 Å². The zero-order valence-corrected chi connectivity index (χ0v) is 14.5. The maximum atomic E-state index is 11.2. The molecule has 0 saturated heterocycles. The van der Waals surface area contributed by atoms with E-state index < -0.39 is 17.4 Å². The topological polar surface area (TPSA) is 125 Å². The molecule has 0 saturated carbocycles. The van der Waals surface area contributed by atoms with Gasteiger partial charge < -0.3 is 10.2 Å². The Morgan fingerprint density at radius 2 is 2.04 bits per heavy atom. The molecule has 0 fully saturated rings. The molecular weight excluding hydrogens is 366 g/mol. The van der Waals surface area contributed by atoms with Gasteiger partial charge >= 0.3 is 5.97 Å². The summed E-state index contributed by atoms with van der Waals surface area (Å²) in [6, 6.07) is 11.7.